The number of ether oxygens (including phenoxy) is 1. The van der Waals surface area contributed by atoms with Crippen LogP contribution in [0.3, 0.4) is 0 Å². The smallest absolute Gasteiger partial charge is 0.275 e. The number of benzene rings is 2. The van der Waals surface area contributed by atoms with Crippen LogP contribution in [0.15, 0.2) is 54.9 Å². The maximum absolute atomic E-state index is 12.4. The summed E-state index contributed by atoms with van der Waals surface area (Å²) >= 11 is 0. The molecule has 0 bridgehead atoms. The number of nitrogens with zero attached hydrogens (tertiary/aromatic N) is 2. The van der Waals surface area contributed by atoms with Crippen molar-refractivity contribution in [1.29, 1.82) is 0 Å². The molecule has 2 N–H and O–H groups in total. The Balaban J connectivity index is 1.72. The summed E-state index contributed by atoms with van der Waals surface area (Å²) in [6.45, 7) is 4.16. The molecule has 138 valence electrons. The van der Waals surface area contributed by atoms with Gasteiger partial charge in [-0.3, -0.25) is 4.79 Å². The standard InChI is InChI=1S/C21H22N4O2/c1-4-15-8-5-7-14(2)20(15)25-19-13-22-18(12-23-19)21(26)24-16-9-6-10-17(11-16)27-3/h5-13H,4H2,1-3H3,(H,23,25)(H,24,26). The van der Waals surface area contributed by atoms with Crippen LogP contribution in [-0.4, -0.2) is 23.0 Å². The minimum absolute atomic E-state index is 0.240. The summed E-state index contributed by atoms with van der Waals surface area (Å²) in [5.41, 5.74) is 4.25. The van der Waals surface area contributed by atoms with Crippen LogP contribution in [0.5, 0.6) is 5.75 Å². The van der Waals surface area contributed by atoms with Gasteiger partial charge in [0, 0.05) is 17.4 Å². The van der Waals surface area contributed by atoms with E-state index in [1.54, 1.807) is 31.5 Å². The second kappa shape index (κ2) is 8.31. The molecule has 0 unspecified atom stereocenters. The summed E-state index contributed by atoms with van der Waals surface area (Å²) in [7, 11) is 1.58. The first-order chi connectivity index (χ1) is 13.1. The Kier molecular flexibility index (Phi) is 5.66. The normalized spacial score (nSPS) is 10.3. The third-order valence-corrected chi connectivity index (χ3v) is 4.21. The number of nitrogens with one attached hydrogen (secondary N) is 2. The van der Waals surface area contributed by atoms with E-state index in [-0.39, 0.29) is 11.6 Å². The molecular formula is C21H22N4O2. The number of amides is 1. The van der Waals surface area contributed by atoms with Crippen LogP contribution >= 0.6 is 0 Å². The Morgan fingerprint density at radius 1 is 1.11 bits per heavy atom. The number of aryl methyl sites for hydroxylation is 2. The Morgan fingerprint density at radius 3 is 2.63 bits per heavy atom. The van der Waals surface area contributed by atoms with Crippen LogP contribution in [0.1, 0.15) is 28.5 Å². The molecule has 6 nitrogen and oxygen atoms in total. The lowest BCUT2D eigenvalue weighted by molar-refractivity contribution is 0.102. The number of para-hydroxylation sites is 1. The summed E-state index contributed by atoms with van der Waals surface area (Å²) in [4.78, 5) is 20.9. The van der Waals surface area contributed by atoms with Crippen LogP contribution in [0.2, 0.25) is 0 Å². The van der Waals surface area contributed by atoms with Gasteiger partial charge in [0.15, 0.2) is 0 Å². The Morgan fingerprint density at radius 2 is 1.93 bits per heavy atom. The first-order valence-corrected chi connectivity index (χ1v) is 8.73. The number of hydrogen-bond donors (Lipinski definition) is 2. The van der Waals surface area contributed by atoms with Crippen molar-refractivity contribution in [2.45, 2.75) is 20.3 Å². The molecule has 0 aliphatic carbocycles. The van der Waals surface area contributed by atoms with Crippen LogP contribution < -0.4 is 15.4 Å². The van der Waals surface area contributed by atoms with Gasteiger partial charge < -0.3 is 15.4 Å². The molecule has 0 aliphatic rings. The summed E-state index contributed by atoms with van der Waals surface area (Å²) in [5.74, 6) is 0.938. The molecule has 0 radical (unpaired) electrons. The average Bonchev–Trinajstić information content (AvgIpc) is 2.70. The molecule has 0 atom stereocenters. The van der Waals surface area contributed by atoms with E-state index in [1.165, 1.54) is 11.8 Å². The van der Waals surface area contributed by atoms with Crippen molar-refractivity contribution < 1.29 is 9.53 Å². The molecular weight excluding hydrogens is 340 g/mol. The van der Waals surface area contributed by atoms with Gasteiger partial charge in [-0.1, -0.05) is 31.2 Å². The van der Waals surface area contributed by atoms with Crippen molar-refractivity contribution in [1.82, 2.24) is 9.97 Å². The van der Waals surface area contributed by atoms with Crippen molar-refractivity contribution in [3.63, 3.8) is 0 Å². The number of hydrogen-bond acceptors (Lipinski definition) is 5. The molecule has 3 aromatic rings. The molecule has 1 amide bonds. The first-order valence-electron chi connectivity index (χ1n) is 8.73. The van der Waals surface area contributed by atoms with E-state index in [1.807, 2.05) is 25.1 Å². The molecule has 0 fully saturated rings. The highest BCUT2D eigenvalue weighted by molar-refractivity contribution is 6.02. The van der Waals surface area contributed by atoms with Crippen LogP contribution in [0, 0.1) is 6.92 Å². The summed E-state index contributed by atoms with van der Waals surface area (Å²) in [6.07, 6.45) is 3.94. The number of rotatable bonds is 6. The summed E-state index contributed by atoms with van der Waals surface area (Å²) in [5, 5.41) is 6.09. The number of carbonyl (C=O) groups excluding carboxylic acids is 1. The maximum Gasteiger partial charge on any atom is 0.275 e. The fourth-order valence-electron chi connectivity index (χ4n) is 2.74. The Hall–Kier alpha value is -3.41. The van der Waals surface area contributed by atoms with Gasteiger partial charge >= 0.3 is 0 Å². The van der Waals surface area contributed by atoms with Gasteiger partial charge in [-0.2, -0.15) is 0 Å². The molecule has 0 aliphatic heterocycles. The average molecular weight is 362 g/mol. The number of aromatic nitrogens is 2. The van der Waals surface area contributed by atoms with Crippen molar-refractivity contribution in [2.24, 2.45) is 0 Å². The molecule has 3 rings (SSSR count). The molecule has 0 saturated carbocycles. The first kappa shape index (κ1) is 18.4. The monoisotopic (exact) mass is 362 g/mol. The van der Waals surface area contributed by atoms with E-state index >= 15 is 0 Å². The van der Waals surface area contributed by atoms with Crippen LogP contribution in [0.4, 0.5) is 17.2 Å². The van der Waals surface area contributed by atoms with Crippen molar-refractivity contribution >= 4 is 23.1 Å². The number of carbonyl (C=O) groups is 1. The fourth-order valence-corrected chi connectivity index (χ4v) is 2.74. The highest BCUT2D eigenvalue weighted by atomic mass is 16.5. The van der Waals surface area contributed by atoms with Gasteiger partial charge in [0.25, 0.3) is 5.91 Å². The van der Waals surface area contributed by atoms with Gasteiger partial charge in [-0.25, -0.2) is 9.97 Å². The van der Waals surface area contributed by atoms with Gasteiger partial charge in [0.05, 0.1) is 19.5 Å². The lowest BCUT2D eigenvalue weighted by Gasteiger charge is -2.13. The zero-order valence-corrected chi connectivity index (χ0v) is 15.6. The topological polar surface area (TPSA) is 76.1 Å². The highest BCUT2D eigenvalue weighted by Gasteiger charge is 2.10. The Labute approximate surface area is 158 Å². The van der Waals surface area contributed by atoms with Crippen molar-refractivity contribution in [2.75, 3.05) is 17.7 Å². The number of anilines is 3. The molecule has 0 spiro atoms. The predicted molar refractivity (Wildman–Crippen MR) is 107 cm³/mol. The lowest BCUT2D eigenvalue weighted by atomic mass is 10.1. The van der Waals surface area contributed by atoms with Gasteiger partial charge in [-0.15, -0.1) is 0 Å². The SMILES string of the molecule is CCc1cccc(C)c1Nc1cnc(C(=O)Nc2cccc(OC)c2)cn1. The zero-order chi connectivity index (χ0) is 19.2. The molecule has 2 aromatic carbocycles. The zero-order valence-electron chi connectivity index (χ0n) is 15.6. The van der Waals surface area contributed by atoms with E-state index in [2.05, 4.69) is 33.6 Å². The van der Waals surface area contributed by atoms with E-state index in [0.717, 1.165) is 17.7 Å². The second-order valence-corrected chi connectivity index (χ2v) is 6.06. The van der Waals surface area contributed by atoms with Gasteiger partial charge in [0.2, 0.25) is 0 Å². The lowest BCUT2D eigenvalue weighted by Crippen LogP contribution is -2.14. The fraction of sp³-hybridized carbons (Fsp3) is 0.190. The molecule has 6 heteroatoms. The maximum atomic E-state index is 12.4. The molecule has 0 saturated heterocycles. The van der Waals surface area contributed by atoms with E-state index in [0.29, 0.717) is 17.3 Å². The van der Waals surface area contributed by atoms with Crippen LogP contribution in [-0.2, 0) is 6.42 Å². The summed E-state index contributed by atoms with van der Waals surface area (Å²) in [6, 6.07) is 13.3. The van der Waals surface area contributed by atoms with Crippen molar-refractivity contribution in [3.05, 3.63) is 71.7 Å². The van der Waals surface area contributed by atoms with E-state index < -0.39 is 0 Å². The van der Waals surface area contributed by atoms with Crippen LogP contribution in [0.25, 0.3) is 0 Å². The Bertz CT molecular complexity index is 939. The van der Waals surface area contributed by atoms with E-state index in [4.69, 9.17) is 4.74 Å². The highest BCUT2D eigenvalue weighted by Crippen LogP contribution is 2.24. The van der Waals surface area contributed by atoms with Gasteiger partial charge in [-0.05, 0) is 36.6 Å². The minimum Gasteiger partial charge on any atom is -0.497 e. The van der Waals surface area contributed by atoms with Crippen molar-refractivity contribution in [3.8, 4) is 5.75 Å². The third kappa shape index (κ3) is 4.41. The predicted octanol–water partition coefficient (Wildman–Crippen LogP) is 4.35. The molecule has 1 aromatic heterocycles. The number of methoxy groups -OCH3 is 1. The van der Waals surface area contributed by atoms with E-state index in [9.17, 15) is 4.79 Å². The largest absolute Gasteiger partial charge is 0.497 e. The van der Waals surface area contributed by atoms with Gasteiger partial charge in [0.1, 0.15) is 17.3 Å². The molecule has 27 heavy (non-hydrogen) atoms. The quantitative estimate of drug-likeness (QED) is 0.682. The third-order valence-electron chi connectivity index (χ3n) is 4.21. The molecule has 1 heterocycles. The summed E-state index contributed by atoms with van der Waals surface area (Å²) < 4.78 is 5.16. The second-order valence-electron chi connectivity index (χ2n) is 6.06. The minimum atomic E-state index is -0.326.